The molecule has 0 radical (unpaired) electrons. The number of carbonyl (C=O) groups excluding carboxylic acids is 2. The first kappa shape index (κ1) is 15.6. The maximum atomic E-state index is 11.9. The summed E-state index contributed by atoms with van der Waals surface area (Å²) in [6.45, 7) is 3.77. The molecular formula is C13H14BrN3O4. The van der Waals surface area contributed by atoms with Gasteiger partial charge < -0.3 is 0 Å². The minimum Gasteiger partial charge on any atom is -0.294 e. The number of hydrogen-bond donors (Lipinski definition) is 1. The molecule has 1 aliphatic rings. The molecule has 0 spiro atoms. The molecule has 0 unspecified atom stereocenters. The average molecular weight is 356 g/mol. The average Bonchev–Trinajstić information content (AvgIpc) is 2.38. The predicted molar refractivity (Wildman–Crippen MR) is 78.4 cm³/mol. The van der Waals surface area contributed by atoms with Gasteiger partial charge in [-0.3, -0.25) is 29.9 Å². The van der Waals surface area contributed by atoms with Crippen LogP contribution in [0.3, 0.4) is 0 Å². The maximum absolute atomic E-state index is 11.9. The third-order valence-corrected chi connectivity index (χ3v) is 4.18. The smallest absolute Gasteiger partial charge is 0.283 e. The Balaban J connectivity index is 2.28. The van der Waals surface area contributed by atoms with E-state index in [-0.39, 0.29) is 30.6 Å². The Morgan fingerprint density at radius 2 is 2.10 bits per heavy atom. The molecular weight excluding hydrogens is 342 g/mol. The molecule has 2 amide bonds. The first-order chi connectivity index (χ1) is 9.71. The fourth-order valence-corrected chi connectivity index (χ4v) is 2.50. The zero-order valence-electron chi connectivity index (χ0n) is 11.6. The molecule has 0 saturated carbocycles. The van der Waals surface area contributed by atoms with Gasteiger partial charge in [0, 0.05) is 12.6 Å². The summed E-state index contributed by atoms with van der Waals surface area (Å²) in [6, 6.07) is 4.76. The molecule has 1 heterocycles. The van der Waals surface area contributed by atoms with Crippen LogP contribution in [0.2, 0.25) is 0 Å². The molecule has 112 valence electrons. The molecule has 0 aliphatic carbocycles. The van der Waals surface area contributed by atoms with Gasteiger partial charge in [-0.2, -0.15) is 0 Å². The molecule has 1 aliphatic heterocycles. The zero-order valence-corrected chi connectivity index (χ0v) is 13.1. The van der Waals surface area contributed by atoms with Crippen molar-refractivity contribution in [1.29, 1.82) is 0 Å². The van der Waals surface area contributed by atoms with Crippen LogP contribution in [0.4, 0.5) is 5.69 Å². The molecule has 0 atom stereocenters. The molecule has 1 aromatic rings. The minimum absolute atomic E-state index is 0.0434. The van der Waals surface area contributed by atoms with E-state index in [4.69, 9.17) is 0 Å². The summed E-state index contributed by atoms with van der Waals surface area (Å²) in [6.07, 6.45) is 0. The SMILES string of the molecule is CC1(C)C(=O)NC(=O)CN1Cc1ccc(Br)c([N+](=O)[O-])c1. The highest BCUT2D eigenvalue weighted by Gasteiger charge is 2.40. The number of rotatable bonds is 3. The molecule has 8 heteroatoms. The Hall–Kier alpha value is -1.80. The third-order valence-electron chi connectivity index (χ3n) is 3.51. The van der Waals surface area contributed by atoms with E-state index < -0.39 is 10.5 Å². The van der Waals surface area contributed by atoms with Gasteiger partial charge in [0.2, 0.25) is 11.8 Å². The van der Waals surface area contributed by atoms with Crippen molar-refractivity contribution in [3.8, 4) is 0 Å². The van der Waals surface area contributed by atoms with Crippen molar-refractivity contribution in [1.82, 2.24) is 10.2 Å². The van der Waals surface area contributed by atoms with Gasteiger partial charge in [-0.05, 0) is 41.4 Å². The highest BCUT2D eigenvalue weighted by molar-refractivity contribution is 9.10. The number of nitro groups is 1. The molecule has 1 aromatic carbocycles. The number of nitrogens with one attached hydrogen (secondary N) is 1. The lowest BCUT2D eigenvalue weighted by Gasteiger charge is -2.40. The van der Waals surface area contributed by atoms with E-state index in [1.807, 2.05) is 0 Å². The number of benzene rings is 1. The molecule has 7 nitrogen and oxygen atoms in total. The van der Waals surface area contributed by atoms with E-state index in [0.29, 0.717) is 10.0 Å². The van der Waals surface area contributed by atoms with Gasteiger partial charge in [-0.1, -0.05) is 6.07 Å². The normalized spacial score (nSPS) is 18.4. The number of imide groups is 1. The third kappa shape index (κ3) is 3.11. The topological polar surface area (TPSA) is 92.6 Å². The van der Waals surface area contributed by atoms with E-state index in [2.05, 4.69) is 21.2 Å². The van der Waals surface area contributed by atoms with Crippen LogP contribution in [0.25, 0.3) is 0 Å². The summed E-state index contributed by atoms with van der Waals surface area (Å²) in [5, 5.41) is 13.2. The number of nitrogens with zero attached hydrogens (tertiary/aromatic N) is 2. The molecule has 1 saturated heterocycles. The van der Waals surface area contributed by atoms with E-state index in [1.165, 1.54) is 6.07 Å². The second-order valence-electron chi connectivity index (χ2n) is 5.34. The van der Waals surface area contributed by atoms with Crippen LogP contribution in [0.1, 0.15) is 19.4 Å². The summed E-state index contributed by atoms with van der Waals surface area (Å²) in [4.78, 5) is 35.5. The van der Waals surface area contributed by atoms with Gasteiger partial charge in [0.05, 0.1) is 21.5 Å². The highest BCUT2D eigenvalue weighted by atomic mass is 79.9. The maximum Gasteiger partial charge on any atom is 0.283 e. The van der Waals surface area contributed by atoms with Gasteiger partial charge in [-0.25, -0.2) is 0 Å². The number of hydrogen-bond acceptors (Lipinski definition) is 5. The molecule has 21 heavy (non-hydrogen) atoms. The fraction of sp³-hybridized carbons (Fsp3) is 0.385. The van der Waals surface area contributed by atoms with Crippen molar-refractivity contribution < 1.29 is 14.5 Å². The largest absolute Gasteiger partial charge is 0.294 e. The Bertz CT molecular complexity index is 630. The van der Waals surface area contributed by atoms with Crippen molar-refractivity contribution in [2.75, 3.05) is 6.54 Å². The van der Waals surface area contributed by atoms with Gasteiger partial charge in [0.15, 0.2) is 0 Å². The molecule has 1 fully saturated rings. The van der Waals surface area contributed by atoms with E-state index >= 15 is 0 Å². The molecule has 2 rings (SSSR count). The number of amides is 2. The van der Waals surface area contributed by atoms with Crippen molar-refractivity contribution in [3.63, 3.8) is 0 Å². The van der Waals surface area contributed by atoms with Crippen molar-refractivity contribution in [2.24, 2.45) is 0 Å². The highest BCUT2D eigenvalue weighted by Crippen LogP contribution is 2.28. The number of nitro benzene ring substituents is 1. The first-order valence-electron chi connectivity index (χ1n) is 6.24. The van der Waals surface area contributed by atoms with E-state index in [0.717, 1.165) is 0 Å². The molecule has 0 bridgehead atoms. The summed E-state index contributed by atoms with van der Waals surface area (Å²) in [5.74, 6) is -0.740. The number of halogens is 1. The Kier molecular flexibility index (Phi) is 4.11. The van der Waals surface area contributed by atoms with Crippen LogP contribution >= 0.6 is 15.9 Å². The predicted octanol–water partition coefficient (Wildman–Crippen LogP) is 1.59. The standard InChI is InChI=1S/C13H14BrN3O4/c1-13(2)12(19)15-11(18)7-16(13)6-8-3-4-9(14)10(5-8)17(20)21/h3-5H,6-7H2,1-2H3,(H,15,18,19). The van der Waals surface area contributed by atoms with Crippen LogP contribution in [0.15, 0.2) is 22.7 Å². The van der Waals surface area contributed by atoms with Gasteiger partial charge in [0.25, 0.3) is 5.69 Å². The number of carbonyl (C=O) groups is 2. The molecule has 0 aromatic heterocycles. The van der Waals surface area contributed by atoms with Crippen LogP contribution in [0, 0.1) is 10.1 Å². The van der Waals surface area contributed by atoms with E-state index in [1.54, 1.807) is 30.9 Å². The van der Waals surface area contributed by atoms with Gasteiger partial charge in [0.1, 0.15) is 0 Å². The van der Waals surface area contributed by atoms with Crippen LogP contribution < -0.4 is 5.32 Å². The quantitative estimate of drug-likeness (QED) is 0.505. The van der Waals surface area contributed by atoms with Crippen molar-refractivity contribution in [2.45, 2.75) is 25.9 Å². The Morgan fingerprint density at radius 1 is 1.43 bits per heavy atom. The lowest BCUT2D eigenvalue weighted by Crippen LogP contribution is -2.63. The van der Waals surface area contributed by atoms with Crippen LogP contribution in [-0.2, 0) is 16.1 Å². The lowest BCUT2D eigenvalue weighted by molar-refractivity contribution is -0.385. The summed E-state index contributed by atoms with van der Waals surface area (Å²) in [5.41, 5.74) is -0.228. The second kappa shape index (κ2) is 5.53. The Morgan fingerprint density at radius 3 is 2.71 bits per heavy atom. The second-order valence-corrected chi connectivity index (χ2v) is 6.19. The lowest BCUT2D eigenvalue weighted by atomic mass is 9.97. The van der Waals surface area contributed by atoms with Crippen LogP contribution in [0.5, 0.6) is 0 Å². The zero-order chi connectivity index (χ0) is 15.8. The van der Waals surface area contributed by atoms with Gasteiger partial charge in [-0.15, -0.1) is 0 Å². The summed E-state index contributed by atoms with van der Waals surface area (Å²) >= 11 is 3.12. The van der Waals surface area contributed by atoms with Crippen molar-refractivity contribution >= 4 is 33.4 Å². The summed E-state index contributed by atoms with van der Waals surface area (Å²) in [7, 11) is 0. The summed E-state index contributed by atoms with van der Waals surface area (Å²) < 4.78 is 0.392. The minimum atomic E-state index is -0.851. The molecule has 1 N–H and O–H groups in total. The van der Waals surface area contributed by atoms with Crippen LogP contribution in [-0.4, -0.2) is 33.7 Å². The van der Waals surface area contributed by atoms with E-state index in [9.17, 15) is 19.7 Å². The fourth-order valence-electron chi connectivity index (χ4n) is 2.10. The monoisotopic (exact) mass is 355 g/mol. The van der Waals surface area contributed by atoms with Crippen molar-refractivity contribution in [3.05, 3.63) is 38.3 Å². The first-order valence-corrected chi connectivity index (χ1v) is 7.03. The van der Waals surface area contributed by atoms with Gasteiger partial charge >= 0.3 is 0 Å². The Labute approximate surface area is 129 Å². The number of piperazine rings is 1.